The van der Waals surface area contributed by atoms with Crippen molar-refractivity contribution in [3.63, 3.8) is 0 Å². The van der Waals surface area contributed by atoms with Gasteiger partial charge in [0.2, 0.25) is 11.8 Å². The molecule has 0 unspecified atom stereocenters. The van der Waals surface area contributed by atoms with Crippen molar-refractivity contribution in [2.45, 2.75) is 25.7 Å². The first-order valence-electron chi connectivity index (χ1n) is 6.41. The Bertz CT molecular complexity index is 576. The van der Waals surface area contributed by atoms with Crippen molar-refractivity contribution in [1.29, 1.82) is 0 Å². The smallest absolute Gasteiger partial charge is 0.233 e. The van der Waals surface area contributed by atoms with Crippen LogP contribution in [0.5, 0.6) is 0 Å². The van der Waals surface area contributed by atoms with Crippen molar-refractivity contribution < 1.29 is 14.4 Å². The highest BCUT2D eigenvalue weighted by molar-refractivity contribution is 6.14. The zero-order valence-corrected chi connectivity index (χ0v) is 10.4. The van der Waals surface area contributed by atoms with Crippen LogP contribution in [-0.2, 0) is 9.59 Å². The van der Waals surface area contributed by atoms with Crippen molar-refractivity contribution in [3.05, 3.63) is 23.8 Å². The molecule has 1 heterocycles. The summed E-state index contributed by atoms with van der Waals surface area (Å²) in [7, 11) is 0. The van der Waals surface area contributed by atoms with Gasteiger partial charge in [-0.05, 0) is 31.0 Å². The van der Waals surface area contributed by atoms with Gasteiger partial charge in [0.05, 0.1) is 11.4 Å². The fraction of sp³-hybridized carbons (Fsp3) is 0.357. The van der Waals surface area contributed by atoms with Gasteiger partial charge in [-0.1, -0.05) is 6.42 Å². The van der Waals surface area contributed by atoms with Gasteiger partial charge < -0.3 is 10.6 Å². The second kappa shape index (κ2) is 4.50. The standard InChI is InChI=1S/C14H14N2O3/c17-12-7-13(18)16-11-6-9(4-5-10(11)15-12)14(19)8-2-1-3-8/h4-6,8H,1-3,7H2,(H,15,17)(H,16,18). The Labute approximate surface area is 110 Å². The quantitative estimate of drug-likeness (QED) is 0.629. The molecule has 1 aromatic rings. The van der Waals surface area contributed by atoms with Gasteiger partial charge in [-0.15, -0.1) is 0 Å². The third-order valence-electron chi connectivity index (χ3n) is 3.65. The third kappa shape index (κ3) is 2.23. The fourth-order valence-corrected chi connectivity index (χ4v) is 2.35. The van der Waals surface area contributed by atoms with E-state index >= 15 is 0 Å². The molecule has 1 aliphatic carbocycles. The van der Waals surface area contributed by atoms with E-state index < -0.39 is 0 Å². The first kappa shape index (κ1) is 11.9. The second-order valence-corrected chi connectivity index (χ2v) is 5.03. The van der Waals surface area contributed by atoms with Crippen LogP contribution < -0.4 is 10.6 Å². The molecule has 1 aliphatic heterocycles. The molecule has 0 spiro atoms. The molecule has 0 bridgehead atoms. The maximum Gasteiger partial charge on any atom is 0.233 e. The Morgan fingerprint density at radius 3 is 2.37 bits per heavy atom. The van der Waals surface area contributed by atoms with Gasteiger partial charge >= 0.3 is 0 Å². The number of hydrogen-bond donors (Lipinski definition) is 2. The Morgan fingerprint density at radius 2 is 1.74 bits per heavy atom. The Morgan fingerprint density at radius 1 is 1.05 bits per heavy atom. The molecule has 1 saturated carbocycles. The second-order valence-electron chi connectivity index (χ2n) is 5.03. The van der Waals surface area contributed by atoms with Crippen LogP contribution in [0.4, 0.5) is 11.4 Å². The van der Waals surface area contributed by atoms with Crippen LogP contribution in [0, 0.1) is 5.92 Å². The van der Waals surface area contributed by atoms with Crippen molar-refractivity contribution >= 4 is 29.0 Å². The first-order chi connectivity index (χ1) is 9.13. The van der Waals surface area contributed by atoms with Crippen molar-refractivity contribution in [2.24, 2.45) is 5.92 Å². The van der Waals surface area contributed by atoms with E-state index in [0.29, 0.717) is 16.9 Å². The number of carbonyl (C=O) groups excluding carboxylic acids is 3. The number of ketones is 1. The summed E-state index contributed by atoms with van der Waals surface area (Å²) in [4.78, 5) is 35.0. The summed E-state index contributed by atoms with van der Waals surface area (Å²) >= 11 is 0. The molecular formula is C14H14N2O3. The number of Topliss-reactive ketones (excluding diaryl/α,β-unsaturated/α-hetero) is 1. The van der Waals surface area contributed by atoms with Gasteiger partial charge in [-0.2, -0.15) is 0 Å². The molecule has 1 aromatic carbocycles. The van der Waals surface area contributed by atoms with E-state index in [1.807, 2.05) is 0 Å². The number of anilines is 2. The predicted molar refractivity (Wildman–Crippen MR) is 70.0 cm³/mol. The highest BCUT2D eigenvalue weighted by atomic mass is 16.2. The molecule has 19 heavy (non-hydrogen) atoms. The third-order valence-corrected chi connectivity index (χ3v) is 3.65. The molecule has 1 fully saturated rings. The Kier molecular flexibility index (Phi) is 2.81. The highest BCUT2D eigenvalue weighted by Crippen LogP contribution is 2.32. The van der Waals surface area contributed by atoms with E-state index in [-0.39, 0.29) is 29.9 Å². The zero-order chi connectivity index (χ0) is 13.4. The van der Waals surface area contributed by atoms with E-state index in [0.717, 1.165) is 19.3 Å². The lowest BCUT2D eigenvalue weighted by molar-refractivity contribution is -0.123. The van der Waals surface area contributed by atoms with Crippen LogP contribution >= 0.6 is 0 Å². The molecule has 5 nitrogen and oxygen atoms in total. The van der Waals surface area contributed by atoms with Crippen LogP contribution in [0.25, 0.3) is 0 Å². The van der Waals surface area contributed by atoms with Crippen LogP contribution in [-0.4, -0.2) is 17.6 Å². The summed E-state index contributed by atoms with van der Waals surface area (Å²) in [6.45, 7) is 0. The van der Waals surface area contributed by atoms with Gasteiger partial charge in [0.15, 0.2) is 5.78 Å². The molecular weight excluding hydrogens is 244 g/mol. The normalized spacial score (nSPS) is 18.7. The molecule has 0 aromatic heterocycles. The minimum Gasteiger partial charge on any atom is -0.324 e. The average Bonchev–Trinajstić information content (AvgIpc) is 2.42. The number of nitrogens with one attached hydrogen (secondary N) is 2. The van der Waals surface area contributed by atoms with E-state index in [1.54, 1.807) is 18.2 Å². The maximum atomic E-state index is 12.1. The number of hydrogen-bond acceptors (Lipinski definition) is 3. The minimum absolute atomic E-state index is 0.120. The Balaban J connectivity index is 1.92. The number of benzene rings is 1. The molecule has 2 N–H and O–H groups in total. The fourth-order valence-electron chi connectivity index (χ4n) is 2.35. The first-order valence-corrected chi connectivity index (χ1v) is 6.41. The predicted octanol–water partition coefficient (Wildman–Crippen LogP) is 1.95. The number of amides is 2. The summed E-state index contributed by atoms with van der Waals surface area (Å²) in [6.07, 6.45) is 2.80. The van der Waals surface area contributed by atoms with E-state index in [1.165, 1.54) is 0 Å². The van der Waals surface area contributed by atoms with Gasteiger partial charge in [0, 0.05) is 11.5 Å². The lowest BCUT2D eigenvalue weighted by Gasteiger charge is -2.24. The topological polar surface area (TPSA) is 75.3 Å². The van der Waals surface area contributed by atoms with Gasteiger partial charge in [0.1, 0.15) is 6.42 Å². The molecule has 98 valence electrons. The van der Waals surface area contributed by atoms with E-state index in [9.17, 15) is 14.4 Å². The highest BCUT2D eigenvalue weighted by Gasteiger charge is 2.27. The minimum atomic E-state index is -0.357. The largest absolute Gasteiger partial charge is 0.324 e. The number of carbonyl (C=O) groups is 3. The van der Waals surface area contributed by atoms with Gasteiger partial charge in [-0.25, -0.2) is 0 Å². The lowest BCUT2D eigenvalue weighted by atomic mass is 9.80. The number of fused-ring (bicyclic) bond motifs is 1. The number of rotatable bonds is 2. The van der Waals surface area contributed by atoms with Crippen molar-refractivity contribution in [2.75, 3.05) is 10.6 Å². The SMILES string of the molecule is O=C1CC(=O)Nc2cc(C(=O)C3CCC3)ccc2N1. The van der Waals surface area contributed by atoms with E-state index in [4.69, 9.17) is 0 Å². The molecule has 0 atom stereocenters. The average molecular weight is 258 g/mol. The monoisotopic (exact) mass is 258 g/mol. The summed E-state index contributed by atoms with van der Waals surface area (Å²) in [5.41, 5.74) is 1.64. The van der Waals surface area contributed by atoms with Crippen molar-refractivity contribution in [1.82, 2.24) is 0 Å². The molecule has 0 saturated heterocycles. The summed E-state index contributed by atoms with van der Waals surface area (Å²) in [6, 6.07) is 5.03. The van der Waals surface area contributed by atoms with Crippen LogP contribution in [0.15, 0.2) is 18.2 Å². The lowest BCUT2D eigenvalue weighted by Crippen LogP contribution is -2.22. The maximum absolute atomic E-state index is 12.1. The van der Waals surface area contributed by atoms with Crippen molar-refractivity contribution in [3.8, 4) is 0 Å². The molecule has 3 rings (SSSR count). The Hall–Kier alpha value is -2.17. The molecule has 2 amide bonds. The molecule has 2 aliphatic rings. The molecule has 0 radical (unpaired) electrons. The van der Waals surface area contributed by atoms with Crippen LogP contribution in [0.3, 0.4) is 0 Å². The summed E-state index contributed by atoms with van der Waals surface area (Å²) < 4.78 is 0. The molecule has 5 heteroatoms. The van der Waals surface area contributed by atoms with Crippen LogP contribution in [0.1, 0.15) is 36.0 Å². The van der Waals surface area contributed by atoms with Crippen LogP contribution in [0.2, 0.25) is 0 Å². The summed E-state index contributed by atoms with van der Waals surface area (Å²) in [5, 5.41) is 5.29. The van der Waals surface area contributed by atoms with Gasteiger partial charge in [0.25, 0.3) is 0 Å². The zero-order valence-electron chi connectivity index (χ0n) is 10.4. The summed E-state index contributed by atoms with van der Waals surface area (Å²) in [5.74, 6) is -0.452. The van der Waals surface area contributed by atoms with E-state index in [2.05, 4.69) is 10.6 Å². The van der Waals surface area contributed by atoms with Gasteiger partial charge in [-0.3, -0.25) is 14.4 Å².